The molecule has 0 fully saturated rings. The SMILES string of the molecule is CCc1nc2ccccc2n1CC(N)C(C)(C)C. The molecule has 0 saturated carbocycles. The molecule has 0 aliphatic heterocycles. The number of nitrogens with two attached hydrogens (primary N) is 1. The maximum absolute atomic E-state index is 6.31. The zero-order chi connectivity index (χ0) is 13.3. The van der Waals surface area contributed by atoms with Crippen molar-refractivity contribution in [3.63, 3.8) is 0 Å². The minimum atomic E-state index is 0.108. The smallest absolute Gasteiger partial charge is 0.109 e. The minimum absolute atomic E-state index is 0.108. The van der Waals surface area contributed by atoms with Gasteiger partial charge in [-0.2, -0.15) is 0 Å². The highest BCUT2D eigenvalue weighted by Crippen LogP contribution is 2.22. The lowest BCUT2D eigenvalue weighted by Crippen LogP contribution is -2.39. The molecule has 1 unspecified atom stereocenters. The van der Waals surface area contributed by atoms with E-state index >= 15 is 0 Å². The standard InChI is InChI=1S/C15H23N3/c1-5-14-17-11-8-6-7-9-12(11)18(14)10-13(16)15(2,3)4/h6-9,13H,5,10,16H2,1-4H3. The van der Waals surface area contributed by atoms with Crippen LogP contribution in [0.1, 0.15) is 33.5 Å². The van der Waals surface area contributed by atoms with Crippen molar-refractivity contribution in [2.45, 2.75) is 46.7 Å². The van der Waals surface area contributed by atoms with Crippen LogP contribution in [0.25, 0.3) is 11.0 Å². The fourth-order valence-corrected chi connectivity index (χ4v) is 2.07. The van der Waals surface area contributed by atoms with E-state index in [4.69, 9.17) is 5.73 Å². The molecule has 1 aromatic carbocycles. The van der Waals surface area contributed by atoms with E-state index in [1.54, 1.807) is 0 Å². The molecule has 2 rings (SSSR count). The zero-order valence-electron chi connectivity index (χ0n) is 11.8. The van der Waals surface area contributed by atoms with Crippen molar-refractivity contribution in [1.82, 2.24) is 9.55 Å². The number of nitrogens with zero attached hydrogens (tertiary/aromatic N) is 2. The Kier molecular flexibility index (Phi) is 3.44. The first kappa shape index (κ1) is 13.1. The second kappa shape index (κ2) is 4.73. The number of aryl methyl sites for hydroxylation is 1. The van der Waals surface area contributed by atoms with Crippen LogP contribution in [-0.2, 0) is 13.0 Å². The number of imidazole rings is 1. The van der Waals surface area contributed by atoms with E-state index in [0.29, 0.717) is 0 Å². The Labute approximate surface area is 109 Å². The number of aromatic nitrogens is 2. The van der Waals surface area contributed by atoms with Gasteiger partial charge in [-0.1, -0.05) is 39.8 Å². The van der Waals surface area contributed by atoms with Crippen LogP contribution in [0, 0.1) is 5.41 Å². The van der Waals surface area contributed by atoms with Gasteiger partial charge in [0.25, 0.3) is 0 Å². The Morgan fingerprint density at radius 1 is 1.28 bits per heavy atom. The van der Waals surface area contributed by atoms with E-state index in [-0.39, 0.29) is 11.5 Å². The van der Waals surface area contributed by atoms with E-state index in [2.05, 4.69) is 55.4 Å². The molecular formula is C15H23N3. The molecule has 0 aliphatic rings. The van der Waals surface area contributed by atoms with Crippen LogP contribution in [0.15, 0.2) is 24.3 Å². The monoisotopic (exact) mass is 245 g/mol. The van der Waals surface area contributed by atoms with Gasteiger partial charge < -0.3 is 10.3 Å². The van der Waals surface area contributed by atoms with Gasteiger partial charge in [-0.05, 0) is 17.5 Å². The maximum Gasteiger partial charge on any atom is 0.109 e. The first-order valence-electron chi connectivity index (χ1n) is 6.63. The second-order valence-corrected chi connectivity index (χ2v) is 5.95. The molecular weight excluding hydrogens is 222 g/mol. The highest BCUT2D eigenvalue weighted by atomic mass is 15.1. The summed E-state index contributed by atoms with van der Waals surface area (Å²) in [5, 5.41) is 0. The molecule has 98 valence electrons. The van der Waals surface area contributed by atoms with Crippen LogP contribution < -0.4 is 5.73 Å². The summed E-state index contributed by atoms with van der Waals surface area (Å²) >= 11 is 0. The van der Waals surface area contributed by atoms with Crippen molar-refractivity contribution >= 4 is 11.0 Å². The zero-order valence-corrected chi connectivity index (χ0v) is 11.8. The molecule has 0 bridgehead atoms. The van der Waals surface area contributed by atoms with Crippen molar-refractivity contribution in [2.75, 3.05) is 0 Å². The topological polar surface area (TPSA) is 43.8 Å². The highest BCUT2D eigenvalue weighted by molar-refractivity contribution is 5.75. The summed E-state index contributed by atoms with van der Waals surface area (Å²) in [6, 6.07) is 8.40. The van der Waals surface area contributed by atoms with Crippen LogP contribution >= 0.6 is 0 Å². The molecule has 1 atom stereocenters. The molecule has 3 heteroatoms. The van der Waals surface area contributed by atoms with Gasteiger partial charge in [0.2, 0.25) is 0 Å². The molecule has 18 heavy (non-hydrogen) atoms. The van der Waals surface area contributed by atoms with Crippen LogP contribution in [0.4, 0.5) is 0 Å². The Bertz CT molecular complexity index is 534. The summed E-state index contributed by atoms with van der Waals surface area (Å²) in [5.41, 5.74) is 8.67. The number of hydrogen-bond donors (Lipinski definition) is 1. The van der Waals surface area contributed by atoms with Crippen LogP contribution in [0.2, 0.25) is 0 Å². The molecule has 0 aliphatic carbocycles. The summed E-state index contributed by atoms with van der Waals surface area (Å²) in [6.45, 7) is 9.51. The molecule has 0 spiro atoms. The van der Waals surface area contributed by atoms with Gasteiger partial charge >= 0.3 is 0 Å². The summed E-state index contributed by atoms with van der Waals surface area (Å²) in [7, 11) is 0. The molecule has 1 heterocycles. The Hall–Kier alpha value is -1.35. The summed E-state index contributed by atoms with van der Waals surface area (Å²) in [6.07, 6.45) is 0.936. The third-order valence-electron chi connectivity index (χ3n) is 3.54. The fraction of sp³-hybridized carbons (Fsp3) is 0.533. The highest BCUT2D eigenvalue weighted by Gasteiger charge is 2.22. The number of benzene rings is 1. The number of fused-ring (bicyclic) bond motifs is 1. The van der Waals surface area contributed by atoms with Crippen molar-refractivity contribution < 1.29 is 0 Å². The van der Waals surface area contributed by atoms with Crippen LogP contribution in [0.5, 0.6) is 0 Å². The Morgan fingerprint density at radius 3 is 2.56 bits per heavy atom. The average Bonchev–Trinajstić information content (AvgIpc) is 2.66. The molecule has 2 aromatic rings. The van der Waals surface area contributed by atoms with Crippen molar-refractivity contribution in [3.8, 4) is 0 Å². The largest absolute Gasteiger partial charge is 0.326 e. The van der Waals surface area contributed by atoms with Crippen molar-refractivity contribution in [2.24, 2.45) is 11.1 Å². The van der Waals surface area contributed by atoms with E-state index in [0.717, 1.165) is 24.3 Å². The molecule has 0 amide bonds. The van der Waals surface area contributed by atoms with Crippen molar-refractivity contribution in [1.29, 1.82) is 0 Å². The summed E-state index contributed by atoms with van der Waals surface area (Å²) in [5.74, 6) is 1.12. The van der Waals surface area contributed by atoms with E-state index < -0.39 is 0 Å². The van der Waals surface area contributed by atoms with Gasteiger partial charge in [0.1, 0.15) is 5.82 Å². The lowest BCUT2D eigenvalue weighted by Gasteiger charge is -2.28. The summed E-state index contributed by atoms with van der Waals surface area (Å²) < 4.78 is 2.27. The Morgan fingerprint density at radius 2 is 1.94 bits per heavy atom. The molecule has 3 nitrogen and oxygen atoms in total. The number of para-hydroxylation sites is 2. The lowest BCUT2D eigenvalue weighted by atomic mass is 9.87. The normalized spacial score (nSPS) is 14.1. The Balaban J connectivity index is 2.43. The predicted octanol–water partition coefficient (Wildman–Crippen LogP) is 2.97. The lowest BCUT2D eigenvalue weighted by molar-refractivity contribution is 0.291. The van der Waals surface area contributed by atoms with Gasteiger partial charge in [-0.3, -0.25) is 0 Å². The molecule has 0 radical (unpaired) electrons. The van der Waals surface area contributed by atoms with Gasteiger partial charge in [0.05, 0.1) is 11.0 Å². The predicted molar refractivity (Wildman–Crippen MR) is 76.5 cm³/mol. The fourth-order valence-electron chi connectivity index (χ4n) is 2.07. The molecule has 2 N–H and O–H groups in total. The maximum atomic E-state index is 6.31. The molecule has 1 aromatic heterocycles. The van der Waals surface area contributed by atoms with Gasteiger partial charge in [0.15, 0.2) is 0 Å². The third-order valence-corrected chi connectivity index (χ3v) is 3.54. The van der Waals surface area contributed by atoms with Gasteiger partial charge in [-0.15, -0.1) is 0 Å². The number of hydrogen-bond acceptors (Lipinski definition) is 2. The van der Waals surface area contributed by atoms with Crippen LogP contribution in [0.3, 0.4) is 0 Å². The molecule has 0 saturated heterocycles. The van der Waals surface area contributed by atoms with E-state index in [1.165, 1.54) is 5.52 Å². The second-order valence-electron chi connectivity index (χ2n) is 5.95. The minimum Gasteiger partial charge on any atom is -0.326 e. The summed E-state index contributed by atoms with van der Waals surface area (Å²) in [4.78, 5) is 4.67. The van der Waals surface area contributed by atoms with Gasteiger partial charge in [0, 0.05) is 19.0 Å². The number of rotatable bonds is 3. The van der Waals surface area contributed by atoms with Crippen LogP contribution in [-0.4, -0.2) is 15.6 Å². The van der Waals surface area contributed by atoms with E-state index in [9.17, 15) is 0 Å². The quantitative estimate of drug-likeness (QED) is 0.903. The van der Waals surface area contributed by atoms with E-state index in [1.807, 2.05) is 6.07 Å². The third kappa shape index (κ3) is 2.41. The van der Waals surface area contributed by atoms with Crippen molar-refractivity contribution in [3.05, 3.63) is 30.1 Å². The average molecular weight is 245 g/mol. The first-order chi connectivity index (χ1) is 8.43. The first-order valence-corrected chi connectivity index (χ1v) is 6.63. The van der Waals surface area contributed by atoms with Gasteiger partial charge in [-0.25, -0.2) is 4.98 Å².